The maximum absolute atomic E-state index is 12.0. The molecule has 1 aromatic heterocycles. The van der Waals surface area contributed by atoms with Gasteiger partial charge in [0.05, 0.1) is 12.7 Å². The summed E-state index contributed by atoms with van der Waals surface area (Å²) >= 11 is 0. The third kappa shape index (κ3) is 3.41. The first-order valence-electron chi connectivity index (χ1n) is 6.36. The molecule has 1 aromatic rings. The Morgan fingerprint density at radius 2 is 2.10 bits per heavy atom. The molecule has 0 unspecified atom stereocenters. The Morgan fingerprint density at radius 3 is 2.70 bits per heavy atom. The van der Waals surface area contributed by atoms with Crippen molar-refractivity contribution in [3.8, 4) is 0 Å². The van der Waals surface area contributed by atoms with Crippen molar-refractivity contribution in [2.75, 3.05) is 39.8 Å². The zero-order chi connectivity index (χ0) is 14.5. The highest BCUT2D eigenvalue weighted by Crippen LogP contribution is 2.00. The highest BCUT2D eigenvalue weighted by atomic mass is 16.2. The van der Waals surface area contributed by atoms with Crippen LogP contribution >= 0.6 is 0 Å². The average Bonchev–Trinajstić information content (AvgIpc) is 2.48. The van der Waals surface area contributed by atoms with Crippen molar-refractivity contribution in [1.29, 1.82) is 0 Å². The molecular formula is C12H17N5O3. The van der Waals surface area contributed by atoms with Crippen LogP contribution in [0.4, 0.5) is 0 Å². The number of nitrogens with zero attached hydrogens (tertiary/aromatic N) is 3. The lowest BCUT2D eigenvalue weighted by molar-refractivity contribution is -0.132. The summed E-state index contributed by atoms with van der Waals surface area (Å²) in [4.78, 5) is 44.1. The van der Waals surface area contributed by atoms with Crippen molar-refractivity contribution in [1.82, 2.24) is 25.1 Å². The Bertz CT molecular complexity index is 530. The van der Waals surface area contributed by atoms with E-state index in [0.717, 1.165) is 19.3 Å². The summed E-state index contributed by atoms with van der Waals surface area (Å²) in [5, 5.41) is 3.16. The van der Waals surface area contributed by atoms with Crippen LogP contribution in [0.3, 0.4) is 0 Å². The van der Waals surface area contributed by atoms with Crippen LogP contribution in [0.5, 0.6) is 0 Å². The molecular weight excluding hydrogens is 262 g/mol. The fourth-order valence-electron chi connectivity index (χ4n) is 1.94. The van der Waals surface area contributed by atoms with Gasteiger partial charge in [-0.25, -0.2) is 4.98 Å². The van der Waals surface area contributed by atoms with Crippen molar-refractivity contribution in [2.45, 2.75) is 0 Å². The second kappa shape index (κ2) is 6.29. The normalized spacial score (nSPS) is 14.9. The number of hydrogen-bond acceptors (Lipinski definition) is 5. The highest BCUT2D eigenvalue weighted by molar-refractivity contribution is 5.94. The lowest BCUT2D eigenvalue weighted by Crippen LogP contribution is -2.49. The first-order chi connectivity index (χ1) is 9.58. The van der Waals surface area contributed by atoms with Gasteiger partial charge in [-0.2, -0.15) is 0 Å². The summed E-state index contributed by atoms with van der Waals surface area (Å²) in [5.74, 6) is -0.489. The minimum Gasteiger partial charge on any atom is -0.339 e. The van der Waals surface area contributed by atoms with E-state index in [1.54, 1.807) is 4.90 Å². The molecule has 0 saturated carbocycles. The molecule has 0 spiro atoms. The Balaban J connectivity index is 1.95. The summed E-state index contributed by atoms with van der Waals surface area (Å²) in [6, 6.07) is 0. The van der Waals surface area contributed by atoms with E-state index in [-0.39, 0.29) is 23.7 Å². The maximum atomic E-state index is 12.0. The smallest absolute Gasteiger partial charge is 0.274 e. The fourth-order valence-corrected chi connectivity index (χ4v) is 1.94. The van der Waals surface area contributed by atoms with Crippen LogP contribution in [-0.4, -0.2) is 71.4 Å². The van der Waals surface area contributed by atoms with Crippen LogP contribution in [0.1, 0.15) is 10.5 Å². The summed E-state index contributed by atoms with van der Waals surface area (Å²) in [7, 11) is 1.54. The Hall–Kier alpha value is -2.22. The zero-order valence-corrected chi connectivity index (χ0v) is 11.3. The van der Waals surface area contributed by atoms with Gasteiger partial charge in [0, 0.05) is 39.4 Å². The Morgan fingerprint density at radius 1 is 1.40 bits per heavy atom. The van der Waals surface area contributed by atoms with Crippen molar-refractivity contribution < 1.29 is 9.59 Å². The molecule has 0 aliphatic carbocycles. The van der Waals surface area contributed by atoms with E-state index in [1.165, 1.54) is 18.1 Å². The molecule has 108 valence electrons. The number of nitrogens with one attached hydrogen (secondary N) is 2. The predicted molar refractivity (Wildman–Crippen MR) is 71.3 cm³/mol. The number of rotatable bonds is 3. The SMILES string of the molecule is CN(CC(=O)N1CCNCC1)C(=O)c1c[nH]c(=O)cn1. The third-order valence-electron chi connectivity index (χ3n) is 3.08. The summed E-state index contributed by atoms with van der Waals surface area (Å²) in [5.41, 5.74) is -0.263. The Kier molecular flexibility index (Phi) is 4.46. The molecule has 2 amide bonds. The number of carbonyl (C=O) groups is 2. The van der Waals surface area contributed by atoms with Crippen LogP contribution in [0, 0.1) is 0 Å². The van der Waals surface area contributed by atoms with Gasteiger partial charge in [-0.15, -0.1) is 0 Å². The molecule has 1 fully saturated rings. The molecule has 8 nitrogen and oxygen atoms in total. The predicted octanol–water partition coefficient (Wildman–Crippen LogP) is -1.73. The number of amides is 2. The van der Waals surface area contributed by atoms with Gasteiger partial charge in [0.2, 0.25) is 5.91 Å². The zero-order valence-electron chi connectivity index (χ0n) is 11.3. The summed E-state index contributed by atoms with van der Waals surface area (Å²) in [6.07, 6.45) is 2.29. The molecule has 0 radical (unpaired) electrons. The number of carbonyl (C=O) groups excluding carboxylic acids is 2. The lowest BCUT2D eigenvalue weighted by atomic mass is 10.3. The molecule has 8 heteroatoms. The van der Waals surface area contributed by atoms with Crippen molar-refractivity contribution in [3.05, 3.63) is 28.4 Å². The highest BCUT2D eigenvalue weighted by Gasteiger charge is 2.21. The van der Waals surface area contributed by atoms with E-state index >= 15 is 0 Å². The van der Waals surface area contributed by atoms with Crippen molar-refractivity contribution in [2.24, 2.45) is 0 Å². The molecule has 1 aliphatic rings. The molecule has 1 saturated heterocycles. The van der Waals surface area contributed by atoms with Gasteiger partial charge in [0.15, 0.2) is 0 Å². The van der Waals surface area contributed by atoms with Crippen LogP contribution in [0.15, 0.2) is 17.2 Å². The first-order valence-corrected chi connectivity index (χ1v) is 6.36. The van der Waals surface area contributed by atoms with Crippen LogP contribution in [0.25, 0.3) is 0 Å². The minimum absolute atomic E-state index is 0.000357. The number of likely N-dealkylation sites (N-methyl/N-ethyl adjacent to an activating group) is 1. The van der Waals surface area contributed by atoms with Gasteiger partial charge in [-0.05, 0) is 0 Å². The van der Waals surface area contributed by atoms with Crippen LogP contribution in [0.2, 0.25) is 0 Å². The monoisotopic (exact) mass is 279 g/mol. The molecule has 2 rings (SSSR count). The standard InChI is InChI=1S/C12H17N5O3/c1-16(8-11(19)17-4-2-13-3-5-17)12(20)9-6-15-10(18)7-14-9/h6-7,13H,2-5,8H2,1H3,(H,15,18). The van der Waals surface area contributed by atoms with Crippen molar-refractivity contribution >= 4 is 11.8 Å². The van der Waals surface area contributed by atoms with Crippen LogP contribution < -0.4 is 10.9 Å². The number of piperazine rings is 1. The number of H-pyrrole nitrogens is 1. The van der Waals surface area contributed by atoms with Crippen LogP contribution in [-0.2, 0) is 4.79 Å². The number of aromatic nitrogens is 2. The lowest BCUT2D eigenvalue weighted by Gasteiger charge is -2.29. The van der Waals surface area contributed by atoms with Gasteiger partial charge in [0.1, 0.15) is 5.69 Å². The molecule has 2 heterocycles. The molecule has 0 aromatic carbocycles. The van der Waals surface area contributed by atoms with E-state index in [1.807, 2.05) is 0 Å². The third-order valence-corrected chi connectivity index (χ3v) is 3.08. The largest absolute Gasteiger partial charge is 0.339 e. The average molecular weight is 279 g/mol. The summed E-state index contributed by atoms with van der Waals surface area (Å²) in [6.45, 7) is 2.84. The van der Waals surface area contributed by atoms with E-state index in [9.17, 15) is 14.4 Å². The maximum Gasteiger partial charge on any atom is 0.274 e. The Labute approximate surface area is 115 Å². The molecule has 0 atom stereocenters. The fraction of sp³-hybridized carbons (Fsp3) is 0.500. The van der Waals surface area contributed by atoms with E-state index in [4.69, 9.17) is 0 Å². The molecule has 2 N–H and O–H groups in total. The quantitative estimate of drug-likeness (QED) is 0.685. The van der Waals surface area contributed by atoms with Gasteiger partial charge >= 0.3 is 0 Å². The van der Waals surface area contributed by atoms with Crippen molar-refractivity contribution in [3.63, 3.8) is 0 Å². The molecule has 0 bridgehead atoms. The van der Waals surface area contributed by atoms with E-state index in [0.29, 0.717) is 13.1 Å². The van der Waals surface area contributed by atoms with E-state index < -0.39 is 5.91 Å². The second-order valence-electron chi connectivity index (χ2n) is 4.59. The number of hydrogen-bond donors (Lipinski definition) is 2. The minimum atomic E-state index is -0.398. The van der Waals surface area contributed by atoms with Gasteiger partial charge < -0.3 is 20.1 Å². The van der Waals surface area contributed by atoms with E-state index in [2.05, 4.69) is 15.3 Å². The number of aromatic amines is 1. The van der Waals surface area contributed by atoms with Gasteiger partial charge in [-0.3, -0.25) is 14.4 Å². The molecule has 1 aliphatic heterocycles. The van der Waals surface area contributed by atoms with Gasteiger partial charge in [-0.1, -0.05) is 0 Å². The second-order valence-corrected chi connectivity index (χ2v) is 4.59. The topological polar surface area (TPSA) is 98.4 Å². The first kappa shape index (κ1) is 14.2. The van der Waals surface area contributed by atoms with Gasteiger partial charge in [0.25, 0.3) is 11.5 Å². The molecule has 20 heavy (non-hydrogen) atoms. The summed E-state index contributed by atoms with van der Waals surface area (Å²) < 4.78 is 0.